The molecular weight excluding hydrogens is 239 g/mol. The molecule has 0 radical (unpaired) electrons. The van der Waals surface area contributed by atoms with E-state index in [0.717, 1.165) is 30.6 Å². The summed E-state index contributed by atoms with van der Waals surface area (Å²) in [6.45, 7) is 2.03. The van der Waals surface area contributed by atoms with Crippen molar-refractivity contribution in [2.75, 3.05) is 12.3 Å². The third-order valence-corrected chi connectivity index (χ3v) is 4.81. The predicted molar refractivity (Wildman–Crippen MR) is 76.2 cm³/mol. The van der Waals surface area contributed by atoms with Crippen LogP contribution in [0.3, 0.4) is 0 Å². The van der Waals surface area contributed by atoms with Crippen molar-refractivity contribution < 1.29 is 4.39 Å². The third-order valence-electron chi connectivity index (χ3n) is 4.81. The monoisotopic (exact) mass is 262 g/mol. The van der Waals surface area contributed by atoms with Gasteiger partial charge in [-0.05, 0) is 55.8 Å². The maximum atomic E-state index is 13.5. The van der Waals surface area contributed by atoms with Gasteiger partial charge in [0, 0.05) is 12.6 Å². The number of hydrogen-bond acceptors (Lipinski definition) is 2. The minimum Gasteiger partial charge on any atom is -0.396 e. The smallest absolute Gasteiger partial charge is 0.146 e. The van der Waals surface area contributed by atoms with Crippen molar-refractivity contribution in [2.24, 2.45) is 5.92 Å². The minimum atomic E-state index is -0.283. The molecule has 0 aromatic heterocycles. The Kier molecular flexibility index (Phi) is 3.74. The number of anilines is 1. The Morgan fingerprint density at radius 2 is 1.95 bits per heavy atom. The first-order valence-corrected chi connectivity index (χ1v) is 7.52. The van der Waals surface area contributed by atoms with Crippen LogP contribution in [0.4, 0.5) is 10.1 Å². The van der Waals surface area contributed by atoms with Crippen LogP contribution in [0.25, 0.3) is 0 Å². The number of halogens is 1. The van der Waals surface area contributed by atoms with Crippen LogP contribution in [-0.4, -0.2) is 17.5 Å². The Labute approximate surface area is 114 Å². The highest BCUT2D eigenvalue weighted by Crippen LogP contribution is 2.36. The van der Waals surface area contributed by atoms with Gasteiger partial charge < -0.3 is 5.73 Å². The van der Waals surface area contributed by atoms with Crippen molar-refractivity contribution in [1.29, 1.82) is 0 Å². The summed E-state index contributed by atoms with van der Waals surface area (Å²) in [4.78, 5) is 2.57. The van der Waals surface area contributed by atoms with E-state index in [4.69, 9.17) is 5.73 Å². The standard InChI is InChI=1S/C16H23FN2/c17-14-10-12(7-8-15(14)18)11-19-9-3-5-13-4-1-2-6-16(13)19/h7-8,10,13,16H,1-6,9,11,18H2/t13-,16-/m1/s1. The number of likely N-dealkylation sites (tertiary alicyclic amines) is 1. The van der Waals surface area contributed by atoms with Crippen molar-refractivity contribution in [1.82, 2.24) is 4.90 Å². The molecule has 1 aliphatic carbocycles. The van der Waals surface area contributed by atoms with E-state index < -0.39 is 0 Å². The van der Waals surface area contributed by atoms with Crippen LogP contribution in [0.5, 0.6) is 0 Å². The second-order valence-corrected chi connectivity index (χ2v) is 6.08. The van der Waals surface area contributed by atoms with Gasteiger partial charge in [-0.3, -0.25) is 4.90 Å². The first kappa shape index (κ1) is 12.9. The van der Waals surface area contributed by atoms with Crippen LogP contribution < -0.4 is 5.73 Å². The molecule has 1 heterocycles. The van der Waals surface area contributed by atoms with Crippen LogP contribution in [0.15, 0.2) is 18.2 Å². The van der Waals surface area contributed by atoms with Gasteiger partial charge in [-0.15, -0.1) is 0 Å². The predicted octanol–water partition coefficient (Wildman–Crippen LogP) is 3.56. The number of piperidine rings is 1. The van der Waals surface area contributed by atoms with Gasteiger partial charge in [0.1, 0.15) is 5.82 Å². The van der Waals surface area contributed by atoms with Crippen LogP contribution >= 0.6 is 0 Å². The van der Waals surface area contributed by atoms with Crippen molar-refractivity contribution >= 4 is 5.69 Å². The molecule has 19 heavy (non-hydrogen) atoms. The number of nitrogens with two attached hydrogens (primary N) is 1. The number of nitrogen functional groups attached to an aromatic ring is 1. The van der Waals surface area contributed by atoms with Crippen LogP contribution in [0, 0.1) is 11.7 Å². The van der Waals surface area contributed by atoms with E-state index in [1.807, 2.05) is 6.07 Å². The minimum absolute atomic E-state index is 0.248. The molecule has 3 rings (SSSR count). The summed E-state index contributed by atoms with van der Waals surface area (Å²) in [5, 5.41) is 0. The van der Waals surface area contributed by atoms with Gasteiger partial charge in [-0.25, -0.2) is 4.39 Å². The molecule has 1 aromatic carbocycles. The second-order valence-electron chi connectivity index (χ2n) is 6.08. The maximum absolute atomic E-state index is 13.5. The number of fused-ring (bicyclic) bond motifs is 1. The fourth-order valence-electron chi connectivity index (χ4n) is 3.83. The fourth-order valence-corrected chi connectivity index (χ4v) is 3.83. The first-order valence-electron chi connectivity index (χ1n) is 7.52. The zero-order valence-electron chi connectivity index (χ0n) is 11.4. The second kappa shape index (κ2) is 5.49. The van der Waals surface area contributed by atoms with E-state index >= 15 is 0 Å². The normalized spacial score (nSPS) is 28.1. The molecule has 104 valence electrons. The van der Waals surface area contributed by atoms with E-state index in [0.29, 0.717) is 0 Å². The Balaban J connectivity index is 1.72. The largest absolute Gasteiger partial charge is 0.396 e. The molecular formula is C16H23FN2. The van der Waals surface area contributed by atoms with Crippen molar-refractivity contribution in [3.63, 3.8) is 0 Å². The lowest BCUT2D eigenvalue weighted by molar-refractivity contribution is 0.0546. The van der Waals surface area contributed by atoms with E-state index in [2.05, 4.69) is 4.90 Å². The molecule has 0 unspecified atom stereocenters. The highest BCUT2D eigenvalue weighted by atomic mass is 19.1. The van der Waals surface area contributed by atoms with E-state index in [9.17, 15) is 4.39 Å². The van der Waals surface area contributed by atoms with Crippen LogP contribution in [0.2, 0.25) is 0 Å². The summed E-state index contributed by atoms with van der Waals surface area (Å²) in [5.41, 5.74) is 6.84. The lowest BCUT2D eigenvalue weighted by Gasteiger charge is -2.44. The summed E-state index contributed by atoms with van der Waals surface area (Å²) in [6, 6.07) is 5.97. The molecule has 0 amide bonds. The summed E-state index contributed by atoms with van der Waals surface area (Å²) in [7, 11) is 0. The highest BCUT2D eigenvalue weighted by molar-refractivity contribution is 5.41. The lowest BCUT2D eigenvalue weighted by Crippen LogP contribution is -2.46. The Morgan fingerprint density at radius 1 is 1.16 bits per heavy atom. The molecule has 0 bridgehead atoms. The van der Waals surface area contributed by atoms with Gasteiger partial charge in [0.05, 0.1) is 5.69 Å². The van der Waals surface area contributed by atoms with Gasteiger partial charge in [-0.1, -0.05) is 18.9 Å². The third kappa shape index (κ3) is 2.76. The SMILES string of the molecule is Nc1ccc(CN2CCC[C@H]3CCCC[C@H]32)cc1F. The topological polar surface area (TPSA) is 29.3 Å². The molecule has 2 atom stereocenters. The molecule has 1 saturated heterocycles. The highest BCUT2D eigenvalue weighted by Gasteiger charge is 2.32. The van der Waals surface area contributed by atoms with Gasteiger partial charge in [-0.2, -0.15) is 0 Å². The molecule has 2 N–H and O–H groups in total. The van der Waals surface area contributed by atoms with E-state index in [1.54, 1.807) is 12.1 Å². The maximum Gasteiger partial charge on any atom is 0.146 e. The molecule has 2 aliphatic rings. The zero-order valence-corrected chi connectivity index (χ0v) is 11.4. The van der Waals surface area contributed by atoms with Gasteiger partial charge in [0.25, 0.3) is 0 Å². The molecule has 0 spiro atoms. The number of hydrogen-bond donors (Lipinski definition) is 1. The van der Waals surface area contributed by atoms with Crippen molar-refractivity contribution in [3.8, 4) is 0 Å². The average molecular weight is 262 g/mol. The Hall–Kier alpha value is -1.09. The summed E-state index contributed by atoms with van der Waals surface area (Å²) >= 11 is 0. The number of benzene rings is 1. The number of rotatable bonds is 2. The quantitative estimate of drug-likeness (QED) is 0.826. The molecule has 1 aliphatic heterocycles. The van der Waals surface area contributed by atoms with Crippen molar-refractivity contribution in [3.05, 3.63) is 29.6 Å². The van der Waals surface area contributed by atoms with Gasteiger partial charge in [0.2, 0.25) is 0 Å². The van der Waals surface area contributed by atoms with Crippen molar-refractivity contribution in [2.45, 2.75) is 51.1 Å². The molecule has 3 heteroatoms. The van der Waals surface area contributed by atoms with E-state index in [-0.39, 0.29) is 11.5 Å². The molecule has 1 saturated carbocycles. The summed E-state index contributed by atoms with van der Waals surface area (Å²) < 4.78 is 13.5. The first-order chi connectivity index (χ1) is 9.24. The van der Waals surface area contributed by atoms with Crippen LogP contribution in [0.1, 0.15) is 44.1 Å². The van der Waals surface area contributed by atoms with Gasteiger partial charge in [0.15, 0.2) is 0 Å². The Bertz CT molecular complexity index is 444. The Morgan fingerprint density at radius 3 is 2.79 bits per heavy atom. The summed E-state index contributed by atoms with van der Waals surface area (Å²) in [6.07, 6.45) is 8.13. The van der Waals surface area contributed by atoms with Crippen LogP contribution in [-0.2, 0) is 6.54 Å². The summed E-state index contributed by atoms with van der Waals surface area (Å²) in [5.74, 6) is 0.593. The molecule has 2 nitrogen and oxygen atoms in total. The fraction of sp³-hybridized carbons (Fsp3) is 0.625. The van der Waals surface area contributed by atoms with E-state index in [1.165, 1.54) is 38.5 Å². The molecule has 1 aromatic rings. The van der Waals surface area contributed by atoms with Gasteiger partial charge >= 0.3 is 0 Å². The zero-order chi connectivity index (χ0) is 13.2. The lowest BCUT2D eigenvalue weighted by atomic mass is 9.78. The number of nitrogens with zero attached hydrogens (tertiary/aromatic N) is 1. The molecule has 2 fully saturated rings. The average Bonchev–Trinajstić information content (AvgIpc) is 2.43.